The van der Waals surface area contributed by atoms with Gasteiger partial charge in [0.1, 0.15) is 12.2 Å². The largest absolute Gasteiger partial charge is 0.383 e. The molecular formula is C15H24BrN5O. The molecule has 1 aliphatic heterocycles. The van der Waals surface area contributed by atoms with Crippen LogP contribution in [0.3, 0.4) is 0 Å². The Kier molecular flexibility index (Phi) is 6.16. The van der Waals surface area contributed by atoms with Crippen molar-refractivity contribution in [3.05, 3.63) is 21.9 Å². The Labute approximate surface area is 140 Å². The molecular weight excluding hydrogens is 346 g/mol. The van der Waals surface area contributed by atoms with Crippen LogP contribution in [-0.2, 0) is 11.8 Å². The molecule has 1 saturated heterocycles. The molecule has 0 saturated carbocycles. The van der Waals surface area contributed by atoms with E-state index in [4.69, 9.17) is 15.9 Å². The van der Waals surface area contributed by atoms with Crippen molar-refractivity contribution in [2.75, 3.05) is 33.4 Å². The molecule has 1 aliphatic rings. The quantitative estimate of drug-likeness (QED) is 0.593. The summed E-state index contributed by atoms with van der Waals surface area (Å²) in [4.78, 5) is 6.33. The van der Waals surface area contributed by atoms with Crippen LogP contribution < -0.4 is 5.73 Å². The Bertz CT molecular complexity index is 546. The highest BCUT2D eigenvalue weighted by Crippen LogP contribution is 2.32. The Morgan fingerprint density at radius 2 is 2.23 bits per heavy atom. The number of nitrogens with zero attached hydrogens (tertiary/aromatic N) is 3. The van der Waals surface area contributed by atoms with Crippen LogP contribution >= 0.6 is 15.9 Å². The number of methoxy groups -OCH3 is 1. The molecule has 0 radical (unpaired) electrons. The van der Waals surface area contributed by atoms with Crippen LogP contribution in [0.25, 0.3) is 0 Å². The Hall–Kier alpha value is -1.18. The van der Waals surface area contributed by atoms with E-state index in [1.165, 1.54) is 5.69 Å². The number of likely N-dealkylation sites (tertiary alicyclic amines) is 1. The van der Waals surface area contributed by atoms with Crippen molar-refractivity contribution in [2.45, 2.75) is 18.8 Å². The molecule has 1 aromatic rings. The van der Waals surface area contributed by atoms with Crippen molar-refractivity contribution in [1.82, 2.24) is 9.47 Å². The summed E-state index contributed by atoms with van der Waals surface area (Å²) in [5.74, 6) is 0.898. The van der Waals surface area contributed by atoms with E-state index in [0.717, 1.165) is 55.6 Å². The van der Waals surface area contributed by atoms with Crippen LogP contribution in [0.2, 0.25) is 0 Å². The fraction of sp³-hybridized carbons (Fsp3) is 0.600. The summed E-state index contributed by atoms with van der Waals surface area (Å²) in [5.41, 5.74) is 8.07. The number of aliphatic imine (C=N–C) groups is 1. The van der Waals surface area contributed by atoms with Crippen LogP contribution in [0.1, 0.15) is 30.1 Å². The smallest absolute Gasteiger partial charge is 0.150 e. The Morgan fingerprint density at radius 1 is 1.55 bits per heavy atom. The van der Waals surface area contributed by atoms with Crippen molar-refractivity contribution in [3.63, 3.8) is 0 Å². The van der Waals surface area contributed by atoms with Crippen molar-refractivity contribution < 1.29 is 4.74 Å². The van der Waals surface area contributed by atoms with E-state index in [9.17, 15) is 0 Å². The number of ether oxygens (including phenoxy) is 1. The van der Waals surface area contributed by atoms with E-state index in [1.54, 1.807) is 7.11 Å². The van der Waals surface area contributed by atoms with Crippen LogP contribution in [0.15, 0.2) is 15.5 Å². The van der Waals surface area contributed by atoms with Gasteiger partial charge >= 0.3 is 0 Å². The van der Waals surface area contributed by atoms with Gasteiger partial charge in [-0.3, -0.25) is 5.41 Å². The normalized spacial score (nSPS) is 17.9. The van der Waals surface area contributed by atoms with Gasteiger partial charge in [-0.25, -0.2) is 4.99 Å². The summed E-state index contributed by atoms with van der Waals surface area (Å²) in [6, 6.07) is 2.14. The minimum atomic E-state index is 0.369. The first kappa shape index (κ1) is 17.2. The van der Waals surface area contributed by atoms with Gasteiger partial charge < -0.3 is 19.9 Å². The third kappa shape index (κ3) is 3.77. The lowest BCUT2D eigenvalue weighted by molar-refractivity contribution is 0.129. The molecule has 7 heteroatoms. The Balaban J connectivity index is 2.10. The third-order valence-electron chi connectivity index (χ3n) is 4.29. The van der Waals surface area contributed by atoms with E-state index < -0.39 is 0 Å². The molecule has 6 nitrogen and oxygen atoms in total. The summed E-state index contributed by atoms with van der Waals surface area (Å²) in [5, 5.41) is 7.07. The number of rotatable bonds is 6. The number of hydrogen-bond donors (Lipinski definition) is 2. The van der Waals surface area contributed by atoms with Crippen LogP contribution in [0.4, 0.5) is 0 Å². The SMILES string of the molecule is COCCN1CCC(c2cc(Br)c(C(N)=NC=N)n2C)CC1. The summed E-state index contributed by atoms with van der Waals surface area (Å²) in [7, 11) is 3.76. The molecule has 0 aliphatic carbocycles. The summed E-state index contributed by atoms with van der Waals surface area (Å²) in [6.45, 7) is 3.98. The van der Waals surface area contributed by atoms with Gasteiger partial charge in [0.2, 0.25) is 0 Å². The van der Waals surface area contributed by atoms with Crippen LogP contribution in [0.5, 0.6) is 0 Å². The molecule has 0 aromatic carbocycles. The third-order valence-corrected chi connectivity index (χ3v) is 4.89. The lowest BCUT2D eigenvalue weighted by Crippen LogP contribution is -2.35. The summed E-state index contributed by atoms with van der Waals surface area (Å²) < 4.78 is 8.19. The van der Waals surface area contributed by atoms with Crippen molar-refractivity contribution in [3.8, 4) is 0 Å². The zero-order valence-electron chi connectivity index (χ0n) is 13.2. The van der Waals surface area contributed by atoms with Crippen molar-refractivity contribution >= 4 is 28.1 Å². The highest BCUT2D eigenvalue weighted by molar-refractivity contribution is 9.10. The van der Waals surface area contributed by atoms with Gasteiger partial charge in [-0.2, -0.15) is 0 Å². The number of piperidine rings is 1. The fourth-order valence-corrected chi connectivity index (χ4v) is 3.78. The lowest BCUT2D eigenvalue weighted by atomic mass is 9.93. The van der Waals surface area contributed by atoms with Crippen LogP contribution in [-0.4, -0.2) is 55.0 Å². The van der Waals surface area contributed by atoms with Gasteiger partial charge in [0.15, 0.2) is 0 Å². The van der Waals surface area contributed by atoms with E-state index >= 15 is 0 Å². The van der Waals surface area contributed by atoms with E-state index in [2.05, 4.69) is 36.5 Å². The van der Waals surface area contributed by atoms with Gasteiger partial charge in [0.05, 0.1) is 12.3 Å². The first-order valence-corrected chi connectivity index (χ1v) is 8.26. The first-order chi connectivity index (χ1) is 10.6. The molecule has 3 N–H and O–H groups in total. The molecule has 0 spiro atoms. The van der Waals surface area contributed by atoms with Gasteiger partial charge in [0.25, 0.3) is 0 Å². The van der Waals surface area contributed by atoms with Crippen molar-refractivity contribution in [1.29, 1.82) is 5.41 Å². The number of hydrogen-bond acceptors (Lipinski definition) is 3. The highest BCUT2D eigenvalue weighted by atomic mass is 79.9. The van der Waals surface area contributed by atoms with E-state index in [-0.39, 0.29) is 0 Å². The molecule has 0 unspecified atom stereocenters. The zero-order chi connectivity index (χ0) is 16.1. The number of aromatic nitrogens is 1. The second-order valence-corrected chi connectivity index (χ2v) is 6.43. The van der Waals surface area contributed by atoms with Gasteiger partial charge in [-0.05, 0) is 47.9 Å². The minimum Gasteiger partial charge on any atom is -0.383 e. The van der Waals surface area contributed by atoms with Gasteiger partial charge in [-0.15, -0.1) is 0 Å². The topological polar surface area (TPSA) is 79.6 Å². The maximum atomic E-state index is 7.07. The maximum Gasteiger partial charge on any atom is 0.150 e. The molecule has 1 aromatic heterocycles. The van der Waals surface area contributed by atoms with Crippen molar-refractivity contribution in [2.24, 2.45) is 17.8 Å². The fourth-order valence-electron chi connectivity index (χ4n) is 3.07. The zero-order valence-corrected chi connectivity index (χ0v) is 14.8. The van der Waals surface area contributed by atoms with E-state index in [1.807, 2.05) is 7.05 Å². The monoisotopic (exact) mass is 369 g/mol. The molecule has 2 rings (SSSR count). The van der Waals surface area contributed by atoms with Gasteiger partial charge in [-0.1, -0.05) is 0 Å². The molecule has 122 valence electrons. The predicted molar refractivity (Wildman–Crippen MR) is 92.9 cm³/mol. The number of nitrogens with one attached hydrogen (secondary N) is 1. The average molecular weight is 370 g/mol. The molecule has 2 heterocycles. The number of halogens is 1. The first-order valence-electron chi connectivity index (χ1n) is 7.47. The summed E-state index contributed by atoms with van der Waals surface area (Å²) in [6.07, 6.45) is 3.24. The standard InChI is InChI=1S/C15H24BrN5O/c1-20-13(9-12(16)14(20)15(18)19-10-17)11-3-5-21(6-4-11)7-8-22-2/h9-11H,3-8H2,1-2H3,(H3,17,18,19). The molecule has 0 amide bonds. The van der Waals surface area contributed by atoms with E-state index in [0.29, 0.717) is 11.8 Å². The molecule has 22 heavy (non-hydrogen) atoms. The second-order valence-electron chi connectivity index (χ2n) is 5.58. The predicted octanol–water partition coefficient (Wildman–Crippen LogP) is 1.93. The maximum absolute atomic E-state index is 7.07. The minimum absolute atomic E-state index is 0.369. The molecule has 0 atom stereocenters. The second kappa shape index (κ2) is 7.89. The van der Waals surface area contributed by atoms with Gasteiger partial charge in [0, 0.05) is 36.8 Å². The highest BCUT2D eigenvalue weighted by Gasteiger charge is 2.25. The average Bonchev–Trinajstić information content (AvgIpc) is 2.81. The summed E-state index contributed by atoms with van der Waals surface area (Å²) >= 11 is 3.57. The van der Waals surface area contributed by atoms with Crippen LogP contribution in [0, 0.1) is 5.41 Å². The number of nitrogens with two attached hydrogens (primary N) is 1. The lowest BCUT2D eigenvalue weighted by Gasteiger charge is -2.32. The number of amidine groups is 1. The Morgan fingerprint density at radius 3 is 2.82 bits per heavy atom. The molecule has 1 fully saturated rings. The molecule has 0 bridgehead atoms.